The largest absolute Gasteiger partial charge is 0.370 e. The van der Waals surface area contributed by atoms with Crippen molar-refractivity contribution < 1.29 is 4.74 Å². The molecule has 90 valence electrons. The highest BCUT2D eigenvalue weighted by Crippen LogP contribution is 2.28. The van der Waals surface area contributed by atoms with Crippen LogP contribution in [0.2, 0.25) is 0 Å². The molecule has 2 atom stereocenters. The second-order valence-corrected chi connectivity index (χ2v) is 5.40. The lowest BCUT2D eigenvalue weighted by atomic mass is 10.1. The molecular weight excluding hydrogens is 332 g/mol. The van der Waals surface area contributed by atoms with Crippen LogP contribution in [0.5, 0.6) is 0 Å². The van der Waals surface area contributed by atoms with Crippen molar-refractivity contribution in [3.8, 4) is 0 Å². The minimum Gasteiger partial charge on any atom is -0.370 e. The van der Waals surface area contributed by atoms with E-state index in [9.17, 15) is 0 Å². The third-order valence-corrected chi connectivity index (χ3v) is 3.79. The average molecular weight is 350 g/mol. The van der Waals surface area contributed by atoms with E-state index in [1.807, 2.05) is 12.1 Å². The quantitative estimate of drug-likeness (QED) is 0.650. The van der Waals surface area contributed by atoms with Crippen molar-refractivity contribution in [3.63, 3.8) is 0 Å². The Morgan fingerprint density at radius 2 is 2.00 bits per heavy atom. The van der Waals surface area contributed by atoms with Gasteiger partial charge in [-0.3, -0.25) is 0 Å². The van der Waals surface area contributed by atoms with Gasteiger partial charge in [0, 0.05) is 9.80 Å². The van der Waals surface area contributed by atoms with Crippen LogP contribution in [0.15, 0.2) is 28.7 Å². The Morgan fingerprint density at radius 1 is 1.31 bits per heavy atom. The maximum atomic E-state index is 6.03. The Hall–Kier alpha value is 0.140. The van der Waals surface area contributed by atoms with E-state index in [0.717, 1.165) is 22.6 Å². The predicted octanol–water partition coefficient (Wildman–Crippen LogP) is 5.09. The molecule has 0 saturated carbocycles. The molecule has 0 fully saturated rings. The molecule has 2 unspecified atom stereocenters. The van der Waals surface area contributed by atoms with Crippen LogP contribution in [-0.4, -0.2) is 11.4 Å². The zero-order chi connectivity index (χ0) is 12.0. The number of alkyl halides is 1. The van der Waals surface area contributed by atoms with Crippen LogP contribution < -0.4 is 0 Å². The highest BCUT2D eigenvalue weighted by Gasteiger charge is 2.16. The fourth-order valence-corrected chi connectivity index (χ4v) is 2.73. The third-order valence-electron chi connectivity index (χ3n) is 2.48. The minimum atomic E-state index is 0.122. The van der Waals surface area contributed by atoms with Crippen molar-refractivity contribution in [1.82, 2.24) is 0 Å². The van der Waals surface area contributed by atoms with Gasteiger partial charge in [0.05, 0.1) is 12.2 Å². The lowest BCUT2D eigenvalue weighted by Crippen LogP contribution is -2.15. The summed E-state index contributed by atoms with van der Waals surface area (Å²) in [5, 5.41) is 0.823. The summed E-state index contributed by atoms with van der Waals surface area (Å²) in [5.74, 6) is 0. The summed E-state index contributed by atoms with van der Waals surface area (Å²) in [6.45, 7) is 4.32. The molecule has 1 rings (SSSR count). The molecule has 0 amide bonds. The first-order valence-corrected chi connectivity index (χ1v) is 7.56. The van der Waals surface area contributed by atoms with Gasteiger partial charge in [-0.15, -0.1) is 0 Å². The van der Waals surface area contributed by atoms with E-state index in [0.29, 0.717) is 6.10 Å². The Labute approximate surface area is 115 Å². The number of rotatable bonds is 6. The molecular formula is C13H18Br2O. The van der Waals surface area contributed by atoms with Crippen molar-refractivity contribution in [2.24, 2.45) is 0 Å². The number of hydrogen-bond donors (Lipinski definition) is 0. The fourth-order valence-electron chi connectivity index (χ4n) is 1.68. The molecule has 0 aliphatic rings. The fraction of sp³-hybridized carbons (Fsp3) is 0.538. The summed E-state index contributed by atoms with van der Waals surface area (Å²) in [6, 6.07) is 8.23. The molecule has 1 aromatic rings. The van der Waals surface area contributed by atoms with Gasteiger partial charge in [-0.2, -0.15) is 0 Å². The maximum Gasteiger partial charge on any atom is 0.0936 e. The average Bonchev–Trinajstić information content (AvgIpc) is 2.27. The van der Waals surface area contributed by atoms with Gasteiger partial charge in [0.15, 0.2) is 0 Å². The summed E-state index contributed by atoms with van der Waals surface area (Å²) in [6.07, 6.45) is 2.69. The molecule has 3 heteroatoms. The van der Waals surface area contributed by atoms with Crippen molar-refractivity contribution in [1.29, 1.82) is 0 Å². The van der Waals surface area contributed by atoms with Gasteiger partial charge in [-0.05, 0) is 25.0 Å². The molecule has 0 saturated heterocycles. The molecule has 0 aromatic heterocycles. The van der Waals surface area contributed by atoms with Gasteiger partial charge < -0.3 is 4.74 Å². The summed E-state index contributed by atoms with van der Waals surface area (Å²) in [4.78, 5) is 0. The lowest BCUT2D eigenvalue weighted by Gasteiger charge is -2.21. The molecule has 0 bridgehead atoms. The number of ether oxygens (including phenoxy) is 1. The molecule has 0 radical (unpaired) electrons. The zero-order valence-corrected chi connectivity index (χ0v) is 12.9. The summed E-state index contributed by atoms with van der Waals surface area (Å²) in [5.41, 5.74) is 1.21. The summed E-state index contributed by atoms with van der Waals surface area (Å²) in [7, 11) is 0. The van der Waals surface area contributed by atoms with Crippen LogP contribution in [0.1, 0.15) is 38.4 Å². The lowest BCUT2D eigenvalue weighted by molar-refractivity contribution is 0.00554. The molecule has 0 aliphatic heterocycles. The van der Waals surface area contributed by atoms with E-state index in [1.165, 1.54) is 5.56 Å². The second kappa shape index (κ2) is 7.46. The Kier molecular flexibility index (Phi) is 6.62. The number of hydrogen-bond acceptors (Lipinski definition) is 1. The SMILES string of the molecule is CCCC(C)OC(CBr)c1ccccc1Br. The van der Waals surface area contributed by atoms with E-state index in [2.05, 4.69) is 57.8 Å². The molecule has 0 N–H and O–H groups in total. The Bertz CT molecular complexity index is 315. The van der Waals surface area contributed by atoms with E-state index >= 15 is 0 Å². The van der Waals surface area contributed by atoms with Crippen LogP contribution in [-0.2, 0) is 4.74 Å². The molecule has 0 heterocycles. The van der Waals surface area contributed by atoms with Gasteiger partial charge in [0.1, 0.15) is 0 Å². The first-order chi connectivity index (χ1) is 7.69. The van der Waals surface area contributed by atoms with E-state index < -0.39 is 0 Å². The smallest absolute Gasteiger partial charge is 0.0936 e. The molecule has 16 heavy (non-hydrogen) atoms. The second-order valence-electron chi connectivity index (χ2n) is 3.90. The first kappa shape index (κ1) is 14.2. The van der Waals surface area contributed by atoms with Crippen molar-refractivity contribution >= 4 is 31.9 Å². The highest BCUT2D eigenvalue weighted by molar-refractivity contribution is 9.10. The van der Waals surface area contributed by atoms with Gasteiger partial charge in [-0.1, -0.05) is 63.4 Å². The van der Waals surface area contributed by atoms with Gasteiger partial charge in [0.2, 0.25) is 0 Å². The summed E-state index contributed by atoms with van der Waals surface area (Å²) >= 11 is 7.09. The first-order valence-electron chi connectivity index (χ1n) is 5.64. The molecule has 0 aliphatic carbocycles. The topological polar surface area (TPSA) is 9.23 Å². The molecule has 0 spiro atoms. The highest BCUT2D eigenvalue weighted by atomic mass is 79.9. The van der Waals surface area contributed by atoms with Gasteiger partial charge in [0.25, 0.3) is 0 Å². The Balaban J connectivity index is 2.71. The van der Waals surface area contributed by atoms with Crippen molar-refractivity contribution in [3.05, 3.63) is 34.3 Å². The zero-order valence-electron chi connectivity index (χ0n) is 9.75. The van der Waals surface area contributed by atoms with Crippen molar-refractivity contribution in [2.75, 3.05) is 5.33 Å². The van der Waals surface area contributed by atoms with Crippen LogP contribution in [0.25, 0.3) is 0 Å². The van der Waals surface area contributed by atoms with E-state index in [4.69, 9.17) is 4.74 Å². The summed E-state index contributed by atoms with van der Waals surface area (Å²) < 4.78 is 7.14. The normalized spacial score (nSPS) is 14.8. The van der Waals surface area contributed by atoms with Crippen LogP contribution in [0, 0.1) is 0 Å². The van der Waals surface area contributed by atoms with E-state index in [-0.39, 0.29) is 6.10 Å². The monoisotopic (exact) mass is 348 g/mol. The molecule has 1 aromatic carbocycles. The predicted molar refractivity (Wildman–Crippen MR) is 76.1 cm³/mol. The van der Waals surface area contributed by atoms with Crippen molar-refractivity contribution in [2.45, 2.75) is 38.9 Å². The minimum absolute atomic E-state index is 0.122. The Morgan fingerprint density at radius 3 is 2.56 bits per heavy atom. The maximum absolute atomic E-state index is 6.03. The third kappa shape index (κ3) is 4.19. The standard InChI is InChI=1S/C13H18Br2O/c1-3-6-10(2)16-13(9-14)11-7-4-5-8-12(11)15/h4-5,7-8,10,13H,3,6,9H2,1-2H3. The van der Waals surface area contributed by atoms with Gasteiger partial charge in [-0.25, -0.2) is 0 Å². The molecule has 1 nitrogen and oxygen atoms in total. The number of benzene rings is 1. The van der Waals surface area contributed by atoms with E-state index in [1.54, 1.807) is 0 Å². The van der Waals surface area contributed by atoms with Crippen LogP contribution in [0.3, 0.4) is 0 Å². The van der Waals surface area contributed by atoms with Gasteiger partial charge >= 0.3 is 0 Å². The van der Waals surface area contributed by atoms with Crippen LogP contribution in [0.4, 0.5) is 0 Å². The van der Waals surface area contributed by atoms with Crippen LogP contribution >= 0.6 is 31.9 Å². The number of halogens is 2.